The molecule has 0 fully saturated rings. The topological polar surface area (TPSA) is 273 Å². The summed E-state index contributed by atoms with van der Waals surface area (Å²) in [5, 5.41) is 21.6. The summed E-state index contributed by atoms with van der Waals surface area (Å²) in [5.74, 6) is -4.22. The van der Waals surface area contributed by atoms with Crippen LogP contribution in [-0.2, 0) is 28.8 Å². The Balaban J connectivity index is 5.43. The lowest BCUT2D eigenvalue weighted by Gasteiger charge is -2.27. The van der Waals surface area contributed by atoms with Crippen molar-refractivity contribution in [3.63, 3.8) is 0 Å². The van der Waals surface area contributed by atoms with Gasteiger partial charge >= 0.3 is 5.97 Å². The number of aliphatic imine (C=N–C) groups is 1. The smallest absolute Gasteiger partial charge is 0.305 e. The largest absolute Gasteiger partial charge is 0.481 e. The highest BCUT2D eigenvalue weighted by Crippen LogP contribution is 2.07. The molecule has 0 saturated carbocycles. The number of rotatable bonds is 21. The molecule has 16 heteroatoms. The number of carbonyl (C=O) groups excluding carboxylic acids is 5. The molecule has 0 unspecified atom stereocenters. The van der Waals surface area contributed by atoms with Gasteiger partial charge in [0.05, 0.1) is 25.0 Å². The minimum Gasteiger partial charge on any atom is -0.481 e. The molecule has 0 saturated heterocycles. The number of hydrogen-bond donors (Lipinski definition) is 9. The number of amides is 4. The van der Waals surface area contributed by atoms with Crippen molar-refractivity contribution in [1.29, 1.82) is 0 Å². The highest BCUT2D eigenvalue weighted by Gasteiger charge is 2.30. The van der Waals surface area contributed by atoms with E-state index in [1.165, 1.54) is 0 Å². The summed E-state index contributed by atoms with van der Waals surface area (Å²) in [7, 11) is 1.64. The first-order valence-electron chi connectivity index (χ1n) is 13.1. The number of carbonyl (C=O) groups is 6. The Morgan fingerprint density at radius 3 is 2.08 bits per heavy atom. The summed E-state index contributed by atoms with van der Waals surface area (Å²) in [6.07, 6.45) is 2.07. The lowest BCUT2D eigenvalue weighted by molar-refractivity contribution is -0.139. The number of nitrogens with zero attached hydrogens (tertiary/aromatic N) is 1. The number of likely N-dealkylation sites (N-methyl/N-ethyl adjacent to an activating group) is 1. The van der Waals surface area contributed by atoms with Gasteiger partial charge in [0.15, 0.2) is 5.96 Å². The van der Waals surface area contributed by atoms with Crippen LogP contribution in [0.15, 0.2) is 4.99 Å². The SMILES string of the molecule is CN[C@@H](CCCCN)C(=O)N[C@@H](C(=O)N[C@@H](CCCN=C(N)N)C(=O)NCC(=O)N[C@H](C=O)CC(=O)O)C(C)C. The Kier molecular flexibility index (Phi) is 18.3. The van der Waals surface area contributed by atoms with E-state index in [9.17, 15) is 28.8 Å². The third-order valence-corrected chi connectivity index (χ3v) is 5.77. The normalized spacial score (nSPS) is 13.7. The summed E-state index contributed by atoms with van der Waals surface area (Å²) in [4.78, 5) is 76.6. The molecule has 0 aliphatic rings. The van der Waals surface area contributed by atoms with Crippen molar-refractivity contribution in [1.82, 2.24) is 26.6 Å². The second-order valence-corrected chi connectivity index (χ2v) is 9.49. The molecule has 0 aliphatic carbocycles. The van der Waals surface area contributed by atoms with Crippen molar-refractivity contribution >= 4 is 41.8 Å². The van der Waals surface area contributed by atoms with Gasteiger partial charge in [0, 0.05) is 6.54 Å². The fraction of sp³-hybridized carbons (Fsp3) is 0.708. The van der Waals surface area contributed by atoms with Crippen LogP contribution in [-0.4, -0.2) is 97.8 Å². The Morgan fingerprint density at radius 1 is 0.900 bits per heavy atom. The zero-order chi connectivity index (χ0) is 30.7. The number of nitrogens with two attached hydrogens (primary N) is 3. The van der Waals surface area contributed by atoms with Crippen LogP contribution in [0.3, 0.4) is 0 Å². The van der Waals surface area contributed by atoms with E-state index >= 15 is 0 Å². The molecule has 4 atom stereocenters. The number of guanidine groups is 1. The standard InChI is InChI=1S/C24H45N9O7/c1-14(2)20(33-22(39)16(28-3)7-4-5-9-25)23(40)32-17(8-6-10-29-24(26)27)21(38)30-12-18(35)31-15(13-34)11-19(36)37/h13-17,20,28H,4-12,25H2,1-3H3,(H,30,38)(H,31,35)(H,32,40)(H,33,39)(H,36,37)(H4,26,27,29)/t15-,16-,17-,20+/m0/s1. The molecule has 40 heavy (non-hydrogen) atoms. The van der Waals surface area contributed by atoms with Gasteiger partial charge in [-0.15, -0.1) is 0 Å². The molecule has 228 valence electrons. The third kappa shape index (κ3) is 15.6. The van der Waals surface area contributed by atoms with E-state index in [-0.39, 0.29) is 37.0 Å². The number of hydrogen-bond acceptors (Lipinski definition) is 9. The summed E-state index contributed by atoms with van der Waals surface area (Å²) in [6.45, 7) is 3.59. The molecule has 16 nitrogen and oxygen atoms in total. The van der Waals surface area contributed by atoms with E-state index in [4.69, 9.17) is 22.3 Å². The van der Waals surface area contributed by atoms with Gasteiger partial charge in [-0.2, -0.15) is 0 Å². The Morgan fingerprint density at radius 2 is 1.55 bits per heavy atom. The molecule has 0 aromatic heterocycles. The average molecular weight is 572 g/mol. The number of carboxylic acids is 1. The molecule has 12 N–H and O–H groups in total. The van der Waals surface area contributed by atoms with Gasteiger partial charge in [0.1, 0.15) is 18.4 Å². The van der Waals surface area contributed by atoms with E-state index in [0.717, 1.165) is 12.8 Å². The molecule has 0 radical (unpaired) electrons. The van der Waals surface area contributed by atoms with Gasteiger partial charge in [-0.3, -0.25) is 29.0 Å². The van der Waals surface area contributed by atoms with Gasteiger partial charge in [-0.05, 0) is 45.2 Å². The molecule has 0 aromatic carbocycles. The molecule has 0 rings (SSSR count). The van der Waals surface area contributed by atoms with Crippen molar-refractivity contribution in [3.8, 4) is 0 Å². The molecule has 4 amide bonds. The maximum atomic E-state index is 13.2. The van der Waals surface area contributed by atoms with E-state index in [1.54, 1.807) is 20.9 Å². The first-order chi connectivity index (χ1) is 18.9. The zero-order valence-corrected chi connectivity index (χ0v) is 23.4. The van der Waals surface area contributed by atoms with Gasteiger partial charge in [0.2, 0.25) is 23.6 Å². The van der Waals surface area contributed by atoms with Crippen LogP contribution in [0.1, 0.15) is 52.4 Å². The first kappa shape index (κ1) is 36.2. The number of nitrogens with one attached hydrogen (secondary N) is 5. The second kappa shape index (κ2) is 20.2. The van der Waals surface area contributed by atoms with Crippen LogP contribution < -0.4 is 43.8 Å². The highest BCUT2D eigenvalue weighted by atomic mass is 16.4. The maximum absolute atomic E-state index is 13.2. The van der Waals surface area contributed by atoms with Gasteiger partial charge in [-0.25, -0.2) is 0 Å². The summed E-state index contributed by atoms with van der Waals surface area (Å²) in [5.41, 5.74) is 16.2. The van der Waals surface area contributed by atoms with E-state index in [2.05, 4.69) is 31.6 Å². The van der Waals surface area contributed by atoms with Crippen LogP contribution >= 0.6 is 0 Å². The summed E-state index contributed by atoms with van der Waals surface area (Å²) < 4.78 is 0. The molecule has 0 heterocycles. The van der Waals surface area contributed by atoms with Crippen LogP contribution in [0.25, 0.3) is 0 Å². The lowest BCUT2D eigenvalue weighted by Crippen LogP contribution is -2.58. The number of aldehydes is 1. The predicted molar refractivity (Wildman–Crippen MR) is 148 cm³/mol. The van der Waals surface area contributed by atoms with E-state index in [1.807, 2.05) is 0 Å². The zero-order valence-electron chi connectivity index (χ0n) is 23.4. The fourth-order valence-corrected chi connectivity index (χ4v) is 3.59. The molecule has 0 bridgehead atoms. The van der Waals surface area contributed by atoms with Crippen LogP contribution in [0, 0.1) is 5.92 Å². The van der Waals surface area contributed by atoms with Crippen molar-refractivity contribution in [2.24, 2.45) is 28.1 Å². The Bertz CT molecular complexity index is 879. The van der Waals surface area contributed by atoms with Gasteiger partial charge in [-0.1, -0.05) is 20.3 Å². The minimum absolute atomic E-state index is 0.100. The molecule has 0 aliphatic heterocycles. The monoisotopic (exact) mass is 571 g/mol. The molecular formula is C24H45N9O7. The average Bonchev–Trinajstić information content (AvgIpc) is 2.88. The summed E-state index contributed by atoms with van der Waals surface area (Å²) in [6, 6.07) is -3.87. The quantitative estimate of drug-likeness (QED) is 0.0284. The Hall–Kier alpha value is -3.79. The van der Waals surface area contributed by atoms with Crippen LogP contribution in [0.5, 0.6) is 0 Å². The number of aliphatic carboxylic acids is 1. The van der Waals surface area contributed by atoms with E-state index in [0.29, 0.717) is 19.4 Å². The predicted octanol–water partition coefficient (Wildman–Crippen LogP) is -3.34. The third-order valence-electron chi connectivity index (χ3n) is 5.77. The van der Waals surface area contributed by atoms with Crippen LogP contribution in [0.4, 0.5) is 0 Å². The second-order valence-electron chi connectivity index (χ2n) is 9.49. The van der Waals surface area contributed by atoms with Crippen LogP contribution in [0.2, 0.25) is 0 Å². The first-order valence-corrected chi connectivity index (χ1v) is 13.1. The fourth-order valence-electron chi connectivity index (χ4n) is 3.59. The number of carboxylic acid groups (broad SMARTS) is 1. The molecular weight excluding hydrogens is 526 g/mol. The number of unbranched alkanes of at least 4 members (excludes halogenated alkanes) is 1. The van der Waals surface area contributed by atoms with Crippen molar-refractivity contribution in [2.75, 3.05) is 26.7 Å². The minimum atomic E-state index is -1.28. The van der Waals surface area contributed by atoms with Crippen molar-refractivity contribution in [2.45, 2.75) is 76.5 Å². The molecule has 0 spiro atoms. The molecule has 0 aromatic rings. The van der Waals surface area contributed by atoms with Crippen molar-refractivity contribution < 1.29 is 33.9 Å². The highest BCUT2D eigenvalue weighted by molar-refractivity contribution is 5.94. The van der Waals surface area contributed by atoms with Gasteiger partial charge in [0.25, 0.3) is 0 Å². The lowest BCUT2D eigenvalue weighted by atomic mass is 10.0. The van der Waals surface area contributed by atoms with Crippen molar-refractivity contribution in [3.05, 3.63) is 0 Å². The van der Waals surface area contributed by atoms with E-state index < -0.39 is 60.8 Å². The van der Waals surface area contributed by atoms with Gasteiger partial charge < -0.3 is 53.7 Å². The summed E-state index contributed by atoms with van der Waals surface area (Å²) >= 11 is 0. The maximum Gasteiger partial charge on any atom is 0.305 e. The Labute approximate surface area is 234 Å².